The Morgan fingerprint density at radius 3 is 2.45 bits per heavy atom. The predicted molar refractivity (Wildman–Crippen MR) is 120 cm³/mol. The van der Waals surface area contributed by atoms with Crippen molar-refractivity contribution in [3.63, 3.8) is 0 Å². The summed E-state index contributed by atoms with van der Waals surface area (Å²) in [6, 6.07) is 10.8. The molecule has 0 unspecified atom stereocenters. The van der Waals surface area contributed by atoms with Crippen LogP contribution in [0, 0.1) is 11.2 Å². The van der Waals surface area contributed by atoms with E-state index in [1.165, 1.54) is 36.7 Å². The quantitative estimate of drug-likeness (QED) is 0.496. The molecule has 2 aromatic carbocycles. The van der Waals surface area contributed by atoms with Crippen molar-refractivity contribution in [1.82, 2.24) is 14.9 Å². The average Bonchev–Trinajstić information content (AvgIpc) is 2.84. The minimum atomic E-state index is -0.916. The predicted octanol–water partition coefficient (Wildman–Crippen LogP) is 2.35. The Morgan fingerprint density at radius 1 is 1.09 bits per heavy atom. The van der Waals surface area contributed by atoms with Gasteiger partial charge in [-0.2, -0.15) is 0 Å². The number of halogens is 1. The number of ether oxygens (including phenoxy) is 1. The summed E-state index contributed by atoms with van der Waals surface area (Å²) in [6.45, 7) is 1.87. The SMILES string of the molecule is N=C(C(N)=O)c1ccc(C(=O)N2CCOCC2)cc1Nc1ncc(-c2ccccc2F)cn1. The van der Waals surface area contributed by atoms with Crippen LogP contribution in [0.5, 0.6) is 0 Å². The summed E-state index contributed by atoms with van der Waals surface area (Å²) in [5, 5.41) is 11.0. The Labute approximate surface area is 188 Å². The molecule has 33 heavy (non-hydrogen) atoms. The zero-order chi connectivity index (χ0) is 23.4. The number of rotatable bonds is 6. The highest BCUT2D eigenvalue weighted by molar-refractivity contribution is 6.44. The first-order valence-electron chi connectivity index (χ1n) is 10.2. The lowest BCUT2D eigenvalue weighted by molar-refractivity contribution is -0.112. The first kappa shape index (κ1) is 22.0. The molecule has 0 radical (unpaired) electrons. The van der Waals surface area contributed by atoms with Crippen molar-refractivity contribution >= 4 is 29.2 Å². The third-order valence-corrected chi connectivity index (χ3v) is 5.16. The number of primary amides is 1. The molecule has 2 heterocycles. The normalized spacial score (nSPS) is 13.4. The fourth-order valence-electron chi connectivity index (χ4n) is 3.43. The molecule has 1 fully saturated rings. The molecule has 0 bridgehead atoms. The number of morpholine rings is 1. The smallest absolute Gasteiger partial charge is 0.267 e. The van der Waals surface area contributed by atoms with E-state index < -0.39 is 17.4 Å². The number of nitrogens with two attached hydrogens (primary N) is 1. The van der Waals surface area contributed by atoms with Gasteiger partial charge < -0.3 is 20.7 Å². The number of carbonyl (C=O) groups is 2. The number of nitrogens with zero attached hydrogens (tertiary/aromatic N) is 3. The molecule has 1 aliphatic heterocycles. The molecule has 4 rings (SSSR count). The molecule has 0 aliphatic carbocycles. The summed E-state index contributed by atoms with van der Waals surface area (Å²) in [5.74, 6) is -1.37. The van der Waals surface area contributed by atoms with Crippen LogP contribution in [0.3, 0.4) is 0 Å². The van der Waals surface area contributed by atoms with Crippen LogP contribution in [0.1, 0.15) is 15.9 Å². The minimum Gasteiger partial charge on any atom is -0.378 e. The van der Waals surface area contributed by atoms with E-state index in [4.69, 9.17) is 15.9 Å². The largest absolute Gasteiger partial charge is 0.378 e. The molecule has 10 heteroatoms. The fraction of sp³-hybridized carbons (Fsp3) is 0.174. The highest BCUT2D eigenvalue weighted by Crippen LogP contribution is 2.25. The fourth-order valence-corrected chi connectivity index (χ4v) is 3.43. The maximum Gasteiger partial charge on any atom is 0.267 e. The molecule has 1 saturated heterocycles. The number of amides is 2. The average molecular weight is 448 g/mol. The van der Waals surface area contributed by atoms with E-state index >= 15 is 0 Å². The minimum absolute atomic E-state index is 0.143. The second-order valence-corrected chi connectivity index (χ2v) is 7.30. The van der Waals surface area contributed by atoms with Crippen LogP contribution in [0.15, 0.2) is 54.9 Å². The van der Waals surface area contributed by atoms with Crippen LogP contribution in [0.2, 0.25) is 0 Å². The second-order valence-electron chi connectivity index (χ2n) is 7.30. The van der Waals surface area contributed by atoms with E-state index in [0.717, 1.165) is 0 Å². The first-order chi connectivity index (χ1) is 15.9. The standard InChI is InChI=1S/C23H21FN6O3/c24-18-4-2-1-3-16(18)15-12-27-23(28-13-15)29-19-11-14(5-6-17(19)20(25)21(26)31)22(32)30-7-9-33-10-8-30/h1-6,11-13,25H,7-10H2,(H2,26,31)(H,27,28,29). The summed E-state index contributed by atoms with van der Waals surface area (Å²) in [5.41, 5.74) is 6.55. The number of benzene rings is 2. The maximum absolute atomic E-state index is 14.0. The summed E-state index contributed by atoms with van der Waals surface area (Å²) < 4.78 is 19.3. The summed E-state index contributed by atoms with van der Waals surface area (Å²) in [6.07, 6.45) is 2.91. The molecule has 2 amide bonds. The molecule has 0 atom stereocenters. The zero-order valence-electron chi connectivity index (χ0n) is 17.5. The van der Waals surface area contributed by atoms with E-state index in [9.17, 15) is 14.0 Å². The molecule has 1 aromatic heterocycles. The Morgan fingerprint density at radius 2 is 1.79 bits per heavy atom. The second kappa shape index (κ2) is 9.53. The van der Waals surface area contributed by atoms with E-state index in [2.05, 4.69) is 15.3 Å². The van der Waals surface area contributed by atoms with Crippen LogP contribution < -0.4 is 11.1 Å². The van der Waals surface area contributed by atoms with Crippen molar-refractivity contribution in [2.45, 2.75) is 0 Å². The van der Waals surface area contributed by atoms with Crippen molar-refractivity contribution in [3.05, 3.63) is 71.8 Å². The van der Waals surface area contributed by atoms with Gasteiger partial charge in [0.05, 0.1) is 18.9 Å². The number of carbonyl (C=O) groups excluding carboxylic acids is 2. The molecule has 0 spiro atoms. The molecule has 1 aliphatic rings. The summed E-state index contributed by atoms with van der Waals surface area (Å²) >= 11 is 0. The van der Waals surface area contributed by atoms with Gasteiger partial charge in [-0.15, -0.1) is 0 Å². The Bertz CT molecular complexity index is 1210. The lowest BCUT2D eigenvalue weighted by Gasteiger charge is -2.27. The monoisotopic (exact) mass is 448 g/mol. The third-order valence-electron chi connectivity index (χ3n) is 5.16. The molecule has 0 saturated carbocycles. The van der Waals surface area contributed by atoms with Gasteiger partial charge in [-0.05, 0) is 24.3 Å². The highest BCUT2D eigenvalue weighted by Gasteiger charge is 2.21. The van der Waals surface area contributed by atoms with E-state index in [0.29, 0.717) is 43.0 Å². The topological polar surface area (TPSA) is 134 Å². The number of hydrogen-bond donors (Lipinski definition) is 3. The third kappa shape index (κ3) is 4.85. The van der Waals surface area contributed by atoms with Gasteiger partial charge in [0.2, 0.25) is 5.95 Å². The van der Waals surface area contributed by atoms with Crippen molar-refractivity contribution < 1.29 is 18.7 Å². The maximum atomic E-state index is 14.0. The Kier molecular flexibility index (Phi) is 6.36. The first-order valence-corrected chi connectivity index (χ1v) is 10.2. The van der Waals surface area contributed by atoms with Crippen molar-refractivity contribution in [3.8, 4) is 11.1 Å². The lowest BCUT2D eigenvalue weighted by Crippen LogP contribution is -2.40. The van der Waals surface area contributed by atoms with Gasteiger partial charge in [-0.25, -0.2) is 14.4 Å². The van der Waals surface area contributed by atoms with Crippen LogP contribution in [0.25, 0.3) is 11.1 Å². The van der Waals surface area contributed by atoms with Gasteiger partial charge in [0.1, 0.15) is 11.5 Å². The number of hydrogen-bond acceptors (Lipinski definition) is 7. The van der Waals surface area contributed by atoms with Gasteiger partial charge in [0.15, 0.2) is 0 Å². The van der Waals surface area contributed by atoms with Gasteiger partial charge >= 0.3 is 0 Å². The van der Waals surface area contributed by atoms with Gasteiger partial charge in [-0.1, -0.05) is 18.2 Å². The Hall–Kier alpha value is -4.18. The molecule has 168 valence electrons. The van der Waals surface area contributed by atoms with Crippen molar-refractivity contribution in [1.29, 1.82) is 5.41 Å². The lowest BCUT2D eigenvalue weighted by atomic mass is 10.0. The van der Waals surface area contributed by atoms with Crippen molar-refractivity contribution in [2.75, 3.05) is 31.6 Å². The van der Waals surface area contributed by atoms with Crippen LogP contribution in [-0.2, 0) is 9.53 Å². The van der Waals surface area contributed by atoms with Gasteiger partial charge in [-0.3, -0.25) is 15.0 Å². The number of anilines is 2. The molecule has 9 nitrogen and oxygen atoms in total. The van der Waals surface area contributed by atoms with Crippen LogP contribution >= 0.6 is 0 Å². The number of aromatic nitrogens is 2. The highest BCUT2D eigenvalue weighted by atomic mass is 19.1. The zero-order valence-corrected chi connectivity index (χ0v) is 17.5. The van der Waals surface area contributed by atoms with E-state index in [1.54, 1.807) is 23.1 Å². The number of nitrogens with one attached hydrogen (secondary N) is 2. The van der Waals surface area contributed by atoms with E-state index in [-0.39, 0.29) is 23.1 Å². The van der Waals surface area contributed by atoms with E-state index in [1.807, 2.05) is 0 Å². The summed E-state index contributed by atoms with van der Waals surface area (Å²) in [4.78, 5) is 34.6. The molecular weight excluding hydrogens is 427 g/mol. The van der Waals surface area contributed by atoms with Gasteiger partial charge in [0.25, 0.3) is 11.8 Å². The van der Waals surface area contributed by atoms with Crippen molar-refractivity contribution in [2.24, 2.45) is 5.73 Å². The van der Waals surface area contributed by atoms with Crippen LogP contribution in [0.4, 0.5) is 16.0 Å². The Balaban J connectivity index is 1.64. The molecule has 3 aromatic rings. The summed E-state index contributed by atoms with van der Waals surface area (Å²) in [7, 11) is 0. The van der Waals surface area contributed by atoms with Gasteiger partial charge in [0, 0.05) is 47.7 Å². The van der Waals surface area contributed by atoms with Crippen LogP contribution in [-0.4, -0.2) is 58.7 Å². The molecule has 4 N–H and O–H groups in total. The molecular formula is C23H21FN6O3.